The van der Waals surface area contributed by atoms with Gasteiger partial charge in [-0.1, -0.05) is 79.5 Å². The van der Waals surface area contributed by atoms with Crippen LogP contribution in [0.25, 0.3) is 11.1 Å². The fourth-order valence-corrected chi connectivity index (χ4v) is 6.57. The maximum atomic E-state index is 13.6. The van der Waals surface area contributed by atoms with Crippen molar-refractivity contribution in [1.29, 1.82) is 0 Å². The number of esters is 1. The standard InChI is InChI=1S/C32H38ClN3O6S/c1-6-11-25-16-15-23(7-2)30(32(37)40-5)36(25)19-22-14-17-26(24(18-22)20-41-8-3)27-12-9-10-13-28(27)43(38,39)35-31-29(33)21(4)42-34-31/h9-10,12-14,16-18H,6-8,11,15,19-20H2,1-5H3,(H,34,35). The molecule has 2 aromatic carbocycles. The van der Waals surface area contributed by atoms with Crippen molar-refractivity contribution in [3.63, 3.8) is 0 Å². The van der Waals surface area contributed by atoms with E-state index >= 15 is 0 Å². The number of carbonyl (C=O) groups is 1. The number of benzene rings is 2. The largest absolute Gasteiger partial charge is 0.464 e. The van der Waals surface area contributed by atoms with Crippen molar-refractivity contribution in [3.05, 3.63) is 87.4 Å². The molecule has 230 valence electrons. The number of aromatic nitrogens is 1. The first-order chi connectivity index (χ1) is 20.6. The van der Waals surface area contributed by atoms with E-state index in [1.54, 1.807) is 25.1 Å². The molecule has 1 aromatic heterocycles. The van der Waals surface area contributed by atoms with Gasteiger partial charge in [-0.15, -0.1) is 0 Å². The highest BCUT2D eigenvalue weighted by Crippen LogP contribution is 2.36. The summed E-state index contributed by atoms with van der Waals surface area (Å²) in [5.74, 6) is -0.111. The summed E-state index contributed by atoms with van der Waals surface area (Å²) in [6.45, 7) is 8.87. The van der Waals surface area contributed by atoms with Gasteiger partial charge in [0.05, 0.1) is 18.6 Å². The molecule has 0 aliphatic carbocycles. The minimum Gasteiger partial charge on any atom is -0.464 e. The molecule has 3 aromatic rings. The SMILES string of the molecule is CCCC1=CCC(CC)=C(C(=O)OC)N1Cc1ccc(-c2ccccc2S(=O)(=O)Nc2noc(C)c2Cl)c(COCC)c1. The number of anilines is 1. The van der Waals surface area contributed by atoms with Crippen LogP contribution in [-0.2, 0) is 37.4 Å². The zero-order chi connectivity index (χ0) is 31.1. The van der Waals surface area contributed by atoms with Crippen LogP contribution in [0.1, 0.15) is 63.3 Å². The summed E-state index contributed by atoms with van der Waals surface area (Å²) < 4.78 is 45.6. The van der Waals surface area contributed by atoms with E-state index in [4.69, 9.17) is 25.6 Å². The maximum absolute atomic E-state index is 13.6. The number of sulfonamides is 1. The number of halogens is 1. The topological polar surface area (TPSA) is 111 Å². The van der Waals surface area contributed by atoms with Gasteiger partial charge in [-0.3, -0.25) is 4.72 Å². The molecule has 0 atom stereocenters. The van der Waals surface area contributed by atoms with Crippen molar-refractivity contribution in [2.24, 2.45) is 0 Å². The Hall–Kier alpha value is -3.60. The second kappa shape index (κ2) is 14.2. The summed E-state index contributed by atoms with van der Waals surface area (Å²) in [7, 11) is -2.68. The lowest BCUT2D eigenvalue weighted by atomic mass is 9.95. The number of rotatable bonds is 13. The van der Waals surface area contributed by atoms with Crippen LogP contribution >= 0.6 is 11.6 Å². The summed E-state index contributed by atoms with van der Waals surface area (Å²) in [5.41, 5.74) is 5.68. The highest BCUT2D eigenvalue weighted by Gasteiger charge is 2.29. The number of nitrogens with one attached hydrogen (secondary N) is 1. The third kappa shape index (κ3) is 7.14. The number of hydrogen-bond donors (Lipinski definition) is 1. The van der Waals surface area contributed by atoms with E-state index in [1.165, 1.54) is 13.2 Å². The second-order valence-electron chi connectivity index (χ2n) is 10.2. The smallest absolute Gasteiger partial charge is 0.354 e. The van der Waals surface area contributed by atoms with Crippen molar-refractivity contribution in [2.45, 2.75) is 71.4 Å². The van der Waals surface area contributed by atoms with Gasteiger partial charge in [0.15, 0.2) is 5.76 Å². The van der Waals surface area contributed by atoms with E-state index in [2.05, 4.69) is 27.8 Å². The average molecular weight is 628 g/mol. The Morgan fingerprint density at radius 1 is 1.14 bits per heavy atom. The number of ether oxygens (including phenoxy) is 2. The Balaban J connectivity index is 1.77. The summed E-state index contributed by atoms with van der Waals surface area (Å²) in [6.07, 6.45) is 5.42. The number of methoxy groups -OCH3 is 1. The van der Waals surface area contributed by atoms with E-state index < -0.39 is 10.0 Å². The Bertz CT molecular complexity index is 1640. The fraction of sp³-hybridized carbons (Fsp3) is 0.375. The summed E-state index contributed by atoms with van der Waals surface area (Å²) in [6, 6.07) is 12.6. The number of carbonyl (C=O) groups excluding carboxylic acids is 1. The van der Waals surface area contributed by atoms with Crippen LogP contribution in [0.2, 0.25) is 5.02 Å². The first kappa shape index (κ1) is 32.3. The molecule has 0 unspecified atom stereocenters. The highest BCUT2D eigenvalue weighted by atomic mass is 35.5. The van der Waals surface area contributed by atoms with Gasteiger partial charge in [-0.25, -0.2) is 13.2 Å². The van der Waals surface area contributed by atoms with Crippen molar-refractivity contribution < 1.29 is 27.2 Å². The van der Waals surface area contributed by atoms with Crippen LogP contribution in [0.15, 0.2) is 74.9 Å². The average Bonchev–Trinajstić information content (AvgIpc) is 3.32. The summed E-state index contributed by atoms with van der Waals surface area (Å²) in [5, 5.41) is 3.85. The van der Waals surface area contributed by atoms with Crippen molar-refractivity contribution in [3.8, 4) is 11.1 Å². The summed E-state index contributed by atoms with van der Waals surface area (Å²) in [4.78, 5) is 15.1. The lowest BCUT2D eigenvalue weighted by Gasteiger charge is -2.34. The molecule has 1 aliphatic rings. The van der Waals surface area contributed by atoms with E-state index in [-0.39, 0.29) is 28.3 Å². The monoisotopic (exact) mass is 627 g/mol. The Morgan fingerprint density at radius 2 is 1.91 bits per heavy atom. The lowest BCUT2D eigenvalue weighted by Crippen LogP contribution is -2.31. The van der Waals surface area contributed by atoms with Crippen molar-refractivity contribution >= 4 is 33.4 Å². The molecule has 9 nitrogen and oxygen atoms in total. The molecule has 0 radical (unpaired) electrons. The van der Waals surface area contributed by atoms with Crippen LogP contribution in [0, 0.1) is 6.92 Å². The van der Waals surface area contributed by atoms with Gasteiger partial charge in [0.2, 0.25) is 5.82 Å². The zero-order valence-corrected chi connectivity index (χ0v) is 26.8. The molecule has 0 bridgehead atoms. The van der Waals surface area contributed by atoms with Crippen LogP contribution in [0.5, 0.6) is 0 Å². The van der Waals surface area contributed by atoms with E-state index in [0.717, 1.165) is 48.1 Å². The lowest BCUT2D eigenvalue weighted by molar-refractivity contribution is -0.138. The molecule has 1 aliphatic heterocycles. The van der Waals surface area contributed by atoms with Crippen LogP contribution in [-0.4, -0.2) is 38.2 Å². The van der Waals surface area contributed by atoms with Crippen LogP contribution in [0.3, 0.4) is 0 Å². The third-order valence-corrected chi connectivity index (χ3v) is 9.15. The molecule has 0 saturated heterocycles. The molecule has 0 amide bonds. The molecular weight excluding hydrogens is 590 g/mol. The fourth-order valence-electron chi connectivity index (χ4n) is 5.17. The predicted molar refractivity (Wildman–Crippen MR) is 167 cm³/mol. The van der Waals surface area contributed by atoms with Gasteiger partial charge in [0, 0.05) is 24.4 Å². The number of aryl methyl sites for hydroxylation is 1. The van der Waals surface area contributed by atoms with Crippen LogP contribution < -0.4 is 4.72 Å². The molecule has 1 N–H and O–H groups in total. The number of hydrogen-bond acceptors (Lipinski definition) is 8. The quantitative estimate of drug-likeness (QED) is 0.196. The van der Waals surface area contributed by atoms with E-state index in [0.29, 0.717) is 35.7 Å². The Kier molecular flexibility index (Phi) is 10.7. The highest BCUT2D eigenvalue weighted by molar-refractivity contribution is 7.92. The molecular formula is C32H38ClN3O6S. The van der Waals surface area contributed by atoms with E-state index in [1.807, 2.05) is 32.0 Å². The Morgan fingerprint density at radius 3 is 2.56 bits per heavy atom. The number of nitrogens with zero attached hydrogens (tertiary/aromatic N) is 2. The molecule has 0 spiro atoms. The molecule has 0 saturated carbocycles. The van der Waals surface area contributed by atoms with Crippen LogP contribution in [0.4, 0.5) is 5.82 Å². The van der Waals surface area contributed by atoms with Crippen molar-refractivity contribution in [1.82, 2.24) is 10.1 Å². The first-order valence-electron chi connectivity index (χ1n) is 14.3. The zero-order valence-electron chi connectivity index (χ0n) is 25.2. The molecule has 11 heteroatoms. The molecule has 43 heavy (non-hydrogen) atoms. The molecule has 2 heterocycles. The second-order valence-corrected chi connectivity index (χ2v) is 12.2. The normalized spacial score (nSPS) is 13.7. The minimum atomic E-state index is -4.08. The third-order valence-electron chi connectivity index (χ3n) is 7.31. The summed E-state index contributed by atoms with van der Waals surface area (Å²) >= 11 is 6.19. The van der Waals surface area contributed by atoms with Gasteiger partial charge >= 0.3 is 5.97 Å². The molecule has 0 fully saturated rings. The first-order valence-corrected chi connectivity index (χ1v) is 16.2. The van der Waals surface area contributed by atoms with Gasteiger partial charge < -0.3 is 18.9 Å². The van der Waals surface area contributed by atoms with Gasteiger partial charge in [0.1, 0.15) is 10.7 Å². The van der Waals surface area contributed by atoms with Crippen molar-refractivity contribution in [2.75, 3.05) is 18.4 Å². The maximum Gasteiger partial charge on any atom is 0.354 e. The van der Waals surface area contributed by atoms with E-state index in [9.17, 15) is 13.2 Å². The van der Waals surface area contributed by atoms with Gasteiger partial charge in [-0.05, 0) is 61.4 Å². The predicted octanol–water partition coefficient (Wildman–Crippen LogP) is 7.37. The number of allylic oxidation sites excluding steroid dienone is 3. The molecule has 4 rings (SSSR count). The Labute approximate surface area is 258 Å². The van der Waals surface area contributed by atoms with Gasteiger partial charge in [0.25, 0.3) is 10.0 Å². The minimum absolute atomic E-state index is 0.0601. The van der Waals surface area contributed by atoms with Gasteiger partial charge in [-0.2, -0.15) is 0 Å².